The molecule has 0 saturated carbocycles. The Balaban J connectivity index is 4.26. The van der Waals surface area contributed by atoms with Crippen molar-refractivity contribution in [2.45, 2.75) is 51.2 Å². The van der Waals surface area contributed by atoms with Crippen LogP contribution in [0.15, 0.2) is 0 Å². The highest BCUT2D eigenvalue weighted by molar-refractivity contribution is 9.10. The topological polar surface area (TPSA) is 46.5 Å². The molecule has 2 atom stereocenters. The summed E-state index contributed by atoms with van der Waals surface area (Å²) in [4.78, 5) is 10.8. The van der Waals surface area contributed by atoms with Crippen LogP contribution in [0.4, 0.5) is 0 Å². The van der Waals surface area contributed by atoms with E-state index in [1.54, 1.807) is 20.8 Å². The fourth-order valence-corrected chi connectivity index (χ4v) is 1.54. The zero-order valence-corrected chi connectivity index (χ0v) is 11.0. The van der Waals surface area contributed by atoms with Gasteiger partial charge in [0.05, 0.1) is 6.10 Å². The lowest BCUT2D eigenvalue weighted by atomic mass is 10.0. The minimum absolute atomic E-state index is 0.0203. The molecule has 0 unspecified atom stereocenters. The predicted octanol–water partition coefficient (Wildman–Crippen LogP) is 2.11. The average molecular weight is 267 g/mol. The maximum atomic E-state index is 11.5. The van der Waals surface area contributed by atoms with Crippen LogP contribution in [0.2, 0.25) is 0 Å². The minimum Gasteiger partial charge on any atom is -0.459 e. The van der Waals surface area contributed by atoms with Crippen LogP contribution in [0.5, 0.6) is 0 Å². The first-order valence-corrected chi connectivity index (χ1v) is 5.61. The van der Waals surface area contributed by atoms with Crippen molar-refractivity contribution in [3.63, 3.8) is 0 Å². The molecule has 0 saturated heterocycles. The number of hydrogen-bond donors (Lipinski definition) is 1. The molecule has 0 aromatic rings. The van der Waals surface area contributed by atoms with E-state index in [2.05, 4.69) is 15.9 Å². The van der Waals surface area contributed by atoms with E-state index < -0.39 is 22.5 Å². The number of halogens is 1. The molecule has 84 valence electrons. The van der Waals surface area contributed by atoms with Crippen LogP contribution in [0.1, 0.15) is 34.6 Å². The fourth-order valence-electron chi connectivity index (χ4n) is 0.835. The Kier molecular flexibility index (Phi) is 5.09. The zero-order valence-electron chi connectivity index (χ0n) is 9.37. The Hall–Kier alpha value is -0.0900. The Morgan fingerprint density at radius 2 is 1.79 bits per heavy atom. The van der Waals surface area contributed by atoms with Gasteiger partial charge in [-0.1, -0.05) is 29.8 Å². The summed E-state index contributed by atoms with van der Waals surface area (Å²) in [6, 6.07) is 0. The highest BCUT2D eigenvalue weighted by atomic mass is 79.9. The second-order valence-electron chi connectivity index (χ2n) is 4.67. The predicted molar refractivity (Wildman–Crippen MR) is 59.4 cm³/mol. The number of rotatable bonds is 3. The van der Waals surface area contributed by atoms with Crippen molar-refractivity contribution in [1.29, 1.82) is 0 Å². The first-order valence-electron chi connectivity index (χ1n) is 4.70. The molecule has 0 amide bonds. The van der Waals surface area contributed by atoms with Gasteiger partial charge in [-0.15, -0.1) is 0 Å². The molecule has 3 nitrogen and oxygen atoms in total. The van der Waals surface area contributed by atoms with Crippen molar-refractivity contribution >= 4 is 21.9 Å². The first kappa shape index (κ1) is 13.9. The highest BCUT2D eigenvalue weighted by Crippen LogP contribution is 2.18. The standard InChI is InChI=1S/C10H19BrO3/c1-6(2)8(12)7(11)9(13)14-10(3,4)5/h6-8,12H,1-5H3/t7-,8-/m0/s1. The smallest absolute Gasteiger partial charge is 0.322 e. The molecule has 0 aliphatic rings. The molecule has 0 aromatic carbocycles. The number of esters is 1. The van der Waals surface area contributed by atoms with E-state index in [1.807, 2.05) is 13.8 Å². The van der Waals surface area contributed by atoms with Gasteiger partial charge in [-0.05, 0) is 26.7 Å². The number of aliphatic hydroxyl groups excluding tert-OH is 1. The van der Waals surface area contributed by atoms with Gasteiger partial charge < -0.3 is 9.84 Å². The van der Waals surface area contributed by atoms with E-state index in [9.17, 15) is 9.90 Å². The Labute approximate surface area is 94.0 Å². The van der Waals surface area contributed by atoms with E-state index in [1.165, 1.54) is 0 Å². The number of hydrogen-bond acceptors (Lipinski definition) is 3. The molecule has 0 fully saturated rings. The summed E-state index contributed by atoms with van der Waals surface area (Å²) in [6.45, 7) is 9.09. The summed E-state index contributed by atoms with van der Waals surface area (Å²) in [5, 5.41) is 9.61. The largest absolute Gasteiger partial charge is 0.459 e. The van der Waals surface area contributed by atoms with E-state index in [-0.39, 0.29) is 5.92 Å². The summed E-state index contributed by atoms with van der Waals surface area (Å²) in [6.07, 6.45) is -0.718. The van der Waals surface area contributed by atoms with Crippen molar-refractivity contribution in [1.82, 2.24) is 0 Å². The monoisotopic (exact) mass is 266 g/mol. The molecule has 0 rings (SSSR count). The van der Waals surface area contributed by atoms with E-state index in [4.69, 9.17) is 4.74 Å². The molecule has 0 radical (unpaired) electrons. The van der Waals surface area contributed by atoms with Gasteiger partial charge in [0, 0.05) is 0 Å². The summed E-state index contributed by atoms with van der Waals surface area (Å²) in [5.74, 6) is -0.398. The van der Waals surface area contributed by atoms with Gasteiger partial charge in [-0.2, -0.15) is 0 Å². The van der Waals surface area contributed by atoms with Crippen LogP contribution in [-0.4, -0.2) is 27.6 Å². The lowest BCUT2D eigenvalue weighted by molar-refractivity contribution is -0.156. The quantitative estimate of drug-likeness (QED) is 0.629. The maximum Gasteiger partial charge on any atom is 0.322 e. The van der Waals surface area contributed by atoms with Gasteiger partial charge in [-0.25, -0.2) is 0 Å². The van der Waals surface area contributed by atoms with Gasteiger partial charge in [-0.3, -0.25) is 4.79 Å². The number of aliphatic hydroxyl groups is 1. The Bertz CT molecular complexity index is 196. The Morgan fingerprint density at radius 3 is 2.07 bits per heavy atom. The second-order valence-corrected chi connectivity index (χ2v) is 5.66. The van der Waals surface area contributed by atoms with Gasteiger partial charge in [0.15, 0.2) is 0 Å². The second kappa shape index (κ2) is 5.12. The Morgan fingerprint density at radius 1 is 1.36 bits per heavy atom. The van der Waals surface area contributed by atoms with E-state index in [0.29, 0.717) is 0 Å². The number of carbonyl (C=O) groups is 1. The molecule has 0 aliphatic carbocycles. The number of ether oxygens (including phenoxy) is 1. The van der Waals surface area contributed by atoms with Crippen molar-refractivity contribution in [3.8, 4) is 0 Å². The lowest BCUT2D eigenvalue weighted by Gasteiger charge is -2.25. The number of alkyl halides is 1. The normalized spacial score (nSPS) is 16.6. The molecule has 14 heavy (non-hydrogen) atoms. The summed E-state index contributed by atoms with van der Waals surface area (Å²) >= 11 is 3.14. The van der Waals surface area contributed by atoms with Gasteiger partial charge in [0.25, 0.3) is 0 Å². The van der Waals surface area contributed by atoms with Crippen LogP contribution in [0.25, 0.3) is 0 Å². The first-order chi connectivity index (χ1) is 6.15. The molecule has 0 heterocycles. The van der Waals surface area contributed by atoms with E-state index >= 15 is 0 Å². The van der Waals surface area contributed by atoms with Crippen molar-refractivity contribution < 1.29 is 14.6 Å². The summed E-state index contributed by atoms with van der Waals surface area (Å²) in [7, 11) is 0. The van der Waals surface area contributed by atoms with Crippen LogP contribution in [0, 0.1) is 5.92 Å². The molecule has 4 heteroatoms. The average Bonchev–Trinajstić information content (AvgIpc) is 1.98. The molecule has 0 spiro atoms. The summed E-state index contributed by atoms with van der Waals surface area (Å²) < 4.78 is 5.12. The minimum atomic E-state index is -0.718. The van der Waals surface area contributed by atoms with Crippen molar-refractivity contribution in [2.24, 2.45) is 5.92 Å². The zero-order chi connectivity index (χ0) is 11.5. The van der Waals surface area contributed by atoms with Gasteiger partial charge in [0.1, 0.15) is 10.4 Å². The van der Waals surface area contributed by atoms with Crippen molar-refractivity contribution in [2.75, 3.05) is 0 Å². The molecular formula is C10H19BrO3. The highest BCUT2D eigenvalue weighted by Gasteiger charge is 2.30. The third kappa shape index (κ3) is 4.96. The lowest BCUT2D eigenvalue weighted by Crippen LogP contribution is -2.37. The van der Waals surface area contributed by atoms with E-state index in [0.717, 1.165) is 0 Å². The fraction of sp³-hybridized carbons (Fsp3) is 0.900. The summed E-state index contributed by atoms with van der Waals surface area (Å²) in [5.41, 5.74) is -0.514. The molecule has 1 N–H and O–H groups in total. The molecule has 0 aliphatic heterocycles. The SMILES string of the molecule is CC(C)[C@H](O)[C@H](Br)C(=O)OC(C)(C)C. The molecular weight excluding hydrogens is 248 g/mol. The van der Waals surface area contributed by atoms with Crippen LogP contribution < -0.4 is 0 Å². The molecule has 0 aromatic heterocycles. The van der Waals surface area contributed by atoms with Crippen molar-refractivity contribution in [3.05, 3.63) is 0 Å². The maximum absolute atomic E-state index is 11.5. The van der Waals surface area contributed by atoms with Gasteiger partial charge in [0.2, 0.25) is 0 Å². The van der Waals surface area contributed by atoms with Crippen LogP contribution >= 0.6 is 15.9 Å². The third-order valence-electron chi connectivity index (χ3n) is 1.61. The van der Waals surface area contributed by atoms with Crippen LogP contribution in [-0.2, 0) is 9.53 Å². The van der Waals surface area contributed by atoms with Crippen LogP contribution in [0.3, 0.4) is 0 Å². The third-order valence-corrected chi connectivity index (χ3v) is 2.53. The van der Waals surface area contributed by atoms with Gasteiger partial charge >= 0.3 is 5.97 Å². The number of carbonyl (C=O) groups excluding carboxylic acids is 1. The molecule has 0 bridgehead atoms.